The molecule has 0 saturated heterocycles. The van der Waals surface area contributed by atoms with Crippen molar-refractivity contribution in [2.75, 3.05) is 0 Å². The van der Waals surface area contributed by atoms with Gasteiger partial charge in [-0.2, -0.15) is 0 Å². The second kappa shape index (κ2) is 14.8. The van der Waals surface area contributed by atoms with Crippen molar-refractivity contribution in [3.63, 3.8) is 0 Å². The number of hydrogen-bond donors (Lipinski definition) is 0. The molecule has 0 unspecified atom stereocenters. The minimum absolute atomic E-state index is 0.569. The Kier molecular flexibility index (Phi) is 8.21. The van der Waals surface area contributed by atoms with E-state index >= 15 is 0 Å². The number of rotatable bonds is 5. The normalized spacial score (nSPS) is 13.2. The average molecular weight is 894 g/mol. The number of fused-ring (bicyclic) bond motifs is 15. The maximum Gasteiger partial charge on any atom is 0.170 e. The molecule has 0 N–H and O–H groups in total. The van der Waals surface area contributed by atoms with Crippen molar-refractivity contribution in [2.24, 2.45) is 0 Å². The third-order valence-corrected chi connectivity index (χ3v) is 14.7. The highest BCUT2D eigenvalue weighted by Gasteiger charge is 2.52. The lowest BCUT2D eigenvalue weighted by atomic mass is 9.70. The minimum Gasteiger partial charge on any atom is -0.450 e. The van der Waals surface area contributed by atoms with E-state index in [0.717, 1.165) is 84.5 Å². The molecule has 0 radical (unpaired) electrons. The number of para-hydroxylation sites is 3. The number of aromatic nitrogens is 3. The summed E-state index contributed by atoms with van der Waals surface area (Å²) in [4.78, 5) is 10.4. The summed E-state index contributed by atoms with van der Waals surface area (Å²) in [7, 11) is 0. The number of ether oxygens (including phenoxy) is 2. The first-order chi connectivity index (χ1) is 34.7. The van der Waals surface area contributed by atoms with E-state index in [1.165, 1.54) is 49.7 Å². The highest BCUT2D eigenvalue weighted by atomic mass is 16.6. The third-order valence-electron chi connectivity index (χ3n) is 14.7. The van der Waals surface area contributed by atoms with Crippen LogP contribution < -0.4 is 9.47 Å². The summed E-state index contributed by atoms with van der Waals surface area (Å²) in [6.45, 7) is 0. The molecule has 15 rings (SSSR count). The first-order valence-corrected chi connectivity index (χ1v) is 23.8. The van der Waals surface area contributed by atoms with Crippen LogP contribution in [0.3, 0.4) is 0 Å². The van der Waals surface area contributed by atoms with Crippen molar-refractivity contribution in [3.05, 3.63) is 259 Å². The van der Waals surface area contributed by atoms with Crippen molar-refractivity contribution in [1.82, 2.24) is 14.5 Å². The van der Waals surface area contributed by atoms with E-state index in [-0.39, 0.29) is 0 Å². The zero-order valence-electron chi connectivity index (χ0n) is 37.7. The fourth-order valence-electron chi connectivity index (χ4n) is 11.6. The van der Waals surface area contributed by atoms with Gasteiger partial charge in [0.1, 0.15) is 0 Å². The van der Waals surface area contributed by atoms with Crippen LogP contribution in [-0.2, 0) is 5.41 Å². The Labute approximate surface area is 404 Å². The first-order valence-electron chi connectivity index (χ1n) is 23.8. The molecular formula is C65H39N3O2. The summed E-state index contributed by atoms with van der Waals surface area (Å²) in [6.07, 6.45) is 0. The molecule has 0 atom stereocenters. The molecule has 0 bridgehead atoms. The van der Waals surface area contributed by atoms with Crippen LogP contribution in [0.25, 0.3) is 94.8 Å². The lowest BCUT2D eigenvalue weighted by Crippen LogP contribution is -2.26. The van der Waals surface area contributed by atoms with Gasteiger partial charge in [-0.1, -0.05) is 170 Å². The van der Waals surface area contributed by atoms with Crippen LogP contribution in [0, 0.1) is 0 Å². The number of hydrogen-bond acceptors (Lipinski definition) is 4. The lowest BCUT2D eigenvalue weighted by Gasteiger charge is -2.31. The lowest BCUT2D eigenvalue weighted by molar-refractivity contribution is 0.359. The first kappa shape index (κ1) is 38.8. The van der Waals surface area contributed by atoms with Gasteiger partial charge in [0.15, 0.2) is 28.8 Å². The van der Waals surface area contributed by atoms with Gasteiger partial charge in [0.2, 0.25) is 0 Å². The summed E-state index contributed by atoms with van der Waals surface area (Å²) in [5.74, 6) is 3.57. The van der Waals surface area contributed by atoms with Crippen LogP contribution in [0.4, 0.5) is 0 Å². The van der Waals surface area contributed by atoms with E-state index in [4.69, 9.17) is 19.4 Å². The van der Waals surface area contributed by atoms with E-state index in [9.17, 15) is 0 Å². The molecule has 70 heavy (non-hydrogen) atoms. The fraction of sp³-hybridized carbons (Fsp3) is 0.0154. The van der Waals surface area contributed by atoms with Gasteiger partial charge in [-0.3, -0.25) is 0 Å². The Morgan fingerprint density at radius 3 is 1.57 bits per heavy atom. The van der Waals surface area contributed by atoms with E-state index in [1.54, 1.807) is 0 Å². The molecule has 0 amide bonds. The van der Waals surface area contributed by atoms with Crippen molar-refractivity contribution >= 4 is 21.8 Å². The maximum atomic E-state index is 6.62. The SMILES string of the molecule is c1ccc(-c2cc(-c3ccccc3)nc(-c3cccc(-n4c5ccccc5c5cc(-c6ccc7c(c6)C6(c8ccccc8-c8ccccc86)c6cc8c(cc6-7)Oc6ccccc6O8)ccc54)c3)n2)cc1. The maximum absolute atomic E-state index is 6.62. The van der Waals surface area contributed by atoms with Gasteiger partial charge in [-0.05, 0) is 122 Å². The summed E-state index contributed by atoms with van der Waals surface area (Å²) in [5.41, 5.74) is 19.7. The van der Waals surface area contributed by atoms with Crippen molar-refractivity contribution < 1.29 is 9.47 Å². The molecule has 12 aromatic rings. The zero-order valence-corrected chi connectivity index (χ0v) is 37.7. The Morgan fingerprint density at radius 2 is 0.857 bits per heavy atom. The summed E-state index contributed by atoms with van der Waals surface area (Å²) in [6, 6.07) is 84.3. The van der Waals surface area contributed by atoms with Crippen LogP contribution >= 0.6 is 0 Å². The van der Waals surface area contributed by atoms with Crippen LogP contribution in [0.5, 0.6) is 23.0 Å². The highest BCUT2D eigenvalue weighted by Crippen LogP contribution is 2.65. The molecule has 1 aliphatic heterocycles. The summed E-state index contributed by atoms with van der Waals surface area (Å²) < 4.78 is 15.5. The largest absolute Gasteiger partial charge is 0.450 e. The molecule has 326 valence electrons. The molecule has 1 spiro atoms. The van der Waals surface area contributed by atoms with Crippen molar-refractivity contribution in [2.45, 2.75) is 5.41 Å². The molecule has 3 heterocycles. The predicted octanol–water partition coefficient (Wildman–Crippen LogP) is 16.5. The van der Waals surface area contributed by atoms with Crippen LogP contribution in [-0.4, -0.2) is 14.5 Å². The second-order valence-corrected chi connectivity index (χ2v) is 18.4. The van der Waals surface area contributed by atoms with Gasteiger partial charge < -0.3 is 14.0 Å². The molecule has 5 nitrogen and oxygen atoms in total. The highest BCUT2D eigenvalue weighted by molar-refractivity contribution is 6.10. The third kappa shape index (κ3) is 5.60. The van der Waals surface area contributed by atoms with Crippen LogP contribution in [0.2, 0.25) is 0 Å². The number of nitrogens with zero attached hydrogens (tertiary/aromatic N) is 3. The fourth-order valence-corrected chi connectivity index (χ4v) is 11.6. The quantitative estimate of drug-likeness (QED) is 0.173. The molecule has 0 fully saturated rings. The monoisotopic (exact) mass is 893 g/mol. The predicted molar refractivity (Wildman–Crippen MR) is 281 cm³/mol. The van der Waals surface area contributed by atoms with E-state index in [2.05, 4.69) is 205 Å². The Hall–Kier alpha value is -9.32. The topological polar surface area (TPSA) is 49.2 Å². The molecular weight excluding hydrogens is 855 g/mol. The molecule has 10 aromatic carbocycles. The van der Waals surface area contributed by atoms with E-state index in [0.29, 0.717) is 5.82 Å². The Morgan fingerprint density at radius 1 is 0.314 bits per heavy atom. The van der Waals surface area contributed by atoms with Gasteiger partial charge >= 0.3 is 0 Å². The summed E-state index contributed by atoms with van der Waals surface area (Å²) in [5, 5.41) is 2.37. The molecule has 0 saturated carbocycles. The zero-order chi connectivity index (χ0) is 45.9. The van der Waals surface area contributed by atoms with Gasteiger partial charge in [-0.25, -0.2) is 9.97 Å². The molecule has 3 aliphatic rings. The molecule has 2 aliphatic carbocycles. The summed E-state index contributed by atoms with van der Waals surface area (Å²) >= 11 is 0. The second-order valence-electron chi connectivity index (χ2n) is 18.4. The van der Waals surface area contributed by atoms with Crippen LogP contribution in [0.1, 0.15) is 22.3 Å². The van der Waals surface area contributed by atoms with Gasteiger partial charge in [0.05, 0.1) is 27.8 Å². The van der Waals surface area contributed by atoms with E-state index < -0.39 is 5.41 Å². The Bertz CT molecular complexity index is 4030. The average Bonchev–Trinajstić information content (AvgIpc) is 4.04. The standard InChI is InChI=1S/C65H39N3O2/c1-3-16-40(17-4-1)56-39-57(41-18-5-2-6-19-41)67-64(66-56)44-20-15-21-45(34-44)68-58-27-12-9-24-49(58)51-35-42(31-33-59(51)68)43-30-32-48-50-37-62-63(70-61-29-14-13-28-60(61)69-62)38-55(50)65(54(48)36-43)52-25-10-7-22-46(52)47-23-8-11-26-53(47)65/h1-39H. The van der Waals surface area contributed by atoms with E-state index in [1.807, 2.05) is 36.4 Å². The number of benzene rings is 10. The van der Waals surface area contributed by atoms with Gasteiger partial charge in [0, 0.05) is 33.2 Å². The van der Waals surface area contributed by atoms with Crippen molar-refractivity contribution in [1.29, 1.82) is 0 Å². The molecule has 5 heteroatoms. The Balaban J connectivity index is 0.885. The minimum atomic E-state index is -0.569. The van der Waals surface area contributed by atoms with Gasteiger partial charge in [-0.15, -0.1) is 0 Å². The van der Waals surface area contributed by atoms with Crippen LogP contribution in [0.15, 0.2) is 237 Å². The van der Waals surface area contributed by atoms with Crippen molar-refractivity contribution in [3.8, 4) is 96.0 Å². The van der Waals surface area contributed by atoms with Gasteiger partial charge in [0.25, 0.3) is 0 Å². The molecule has 2 aromatic heterocycles. The smallest absolute Gasteiger partial charge is 0.170 e.